The summed E-state index contributed by atoms with van der Waals surface area (Å²) in [5.41, 5.74) is 4.25. The quantitative estimate of drug-likeness (QED) is 0.841. The maximum Gasteiger partial charge on any atom is 0.229 e. The number of hydrogen-bond acceptors (Lipinski definition) is 4. The number of carbonyl (C=O) groups excluding carboxylic acids is 2. The first-order valence-corrected chi connectivity index (χ1v) is 10.5. The highest BCUT2D eigenvalue weighted by Gasteiger charge is 2.39. The normalized spacial score (nSPS) is 21.2. The van der Waals surface area contributed by atoms with Gasteiger partial charge in [-0.1, -0.05) is 18.2 Å². The Morgan fingerprint density at radius 2 is 1.87 bits per heavy atom. The van der Waals surface area contributed by atoms with Crippen molar-refractivity contribution in [3.8, 4) is 5.75 Å². The van der Waals surface area contributed by atoms with Crippen LogP contribution in [0.2, 0.25) is 0 Å². The molecule has 30 heavy (non-hydrogen) atoms. The molecule has 2 amide bonds. The molecule has 2 aliphatic rings. The van der Waals surface area contributed by atoms with E-state index in [1.807, 2.05) is 30.3 Å². The number of piperidine rings is 1. The van der Waals surface area contributed by atoms with Crippen LogP contribution < -0.4 is 15.0 Å². The van der Waals surface area contributed by atoms with Gasteiger partial charge in [0.05, 0.1) is 19.1 Å². The fraction of sp³-hybridized carbons (Fsp3) is 0.417. The van der Waals surface area contributed by atoms with E-state index in [-0.39, 0.29) is 23.8 Å². The fourth-order valence-corrected chi connectivity index (χ4v) is 4.64. The summed E-state index contributed by atoms with van der Waals surface area (Å²) in [4.78, 5) is 29.6. The molecule has 0 aliphatic carbocycles. The number of carbonyl (C=O) groups is 2. The Kier molecular flexibility index (Phi) is 5.66. The lowest BCUT2D eigenvalue weighted by atomic mass is 9.84. The van der Waals surface area contributed by atoms with Crippen molar-refractivity contribution in [2.45, 2.75) is 31.7 Å². The van der Waals surface area contributed by atoms with Crippen LogP contribution in [0.5, 0.6) is 5.75 Å². The van der Waals surface area contributed by atoms with Gasteiger partial charge in [0, 0.05) is 38.4 Å². The first-order chi connectivity index (χ1) is 14.5. The second-order valence-corrected chi connectivity index (χ2v) is 8.23. The van der Waals surface area contributed by atoms with Gasteiger partial charge in [-0.15, -0.1) is 0 Å². The lowest BCUT2D eigenvalue weighted by Crippen LogP contribution is -2.44. The third kappa shape index (κ3) is 3.86. The number of fused-ring (bicyclic) bond motifs is 1. The van der Waals surface area contributed by atoms with Crippen LogP contribution in [0.15, 0.2) is 42.5 Å². The second kappa shape index (κ2) is 8.38. The molecule has 0 aromatic heterocycles. The summed E-state index contributed by atoms with van der Waals surface area (Å²) in [7, 11) is 5.49. The minimum absolute atomic E-state index is 0.0476. The molecule has 0 bridgehead atoms. The smallest absolute Gasteiger partial charge is 0.229 e. The van der Waals surface area contributed by atoms with Gasteiger partial charge in [0.2, 0.25) is 11.8 Å². The molecule has 2 heterocycles. The number of nitrogens with one attached hydrogen (secondary N) is 1. The van der Waals surface area contributed by atoms with E-state index in [0.717, 1.165) is 36.4 Å². The molecule has 2 aromatic rings. The molecule has 2 atom stereocenters. The third-order valence-corrected chi connectivity index (χ3v) is 6.36. The van der Waals surface area contributed by atoms with Gasteiger partial charge in [0.25, 0.3) is 0 Å². The fourth-order valence-electron chi connectivity index (χ4n) is 4.64. The van der Waals surface area contributed by atoms with Crippen molar-refractivity contribution in [2.75, 3.05) is 38.0 Å². The van der Waals surface area contributed by atoms with Gasteiger partial charge in [0.1, 0.15) is 5.75 Å². The standard InChI is InChI=1S/C24H29N3O3/c1-26-14-4-5-16-6-9-18(15-21(16)26)25-24(29)20-12-13-22(28)27(2)23(20)17-7-10-19(30-3)11-8-17/h6-11,15,20,23H,4-5,12-14H2,1-3H3,(H,25,29). The number of benzene rings is 2. The minimum atomic E-state index is -0.310. The van der Waals surface area contributed by atoms with E-state index in [1.54, 1.807) is 19.1 Å². The van der Waals surface area contributed by atoms with E-state index >= 15 is 0 Å². The molecule has 6 nitrogen and oxygen atoms in total. The second-order valence-electron chi connectivity index (χ2n) is 8.23. The molecule has 158 valence electrons. The summed E-state index contributed by atoms with van der Waals surface area (Å²) >= 11 is 0. The largest absolute Gasteiger partial charge is 0.497 e. The van der Waals surface area contributed by atoms with Gasteiger partial charge in [-0.05, 0) is 54.7 Å². The van der Waals surface area contributed by atoms with E-state index < -0.39 is 0 Å². The van der Waals surface area contributed by atoms with Crippen LogP contribution in [0.4, 0.5) is 11.4 Å². The molecule has 1 fully saturated rings. The molecule has 1 N–H and O–H groups in total. The van der Waals surface area contributed by atoms with Gasteiger partial charge in [-0.2, -0.15) is 0 Å². The van der Waals surface area contributed by atoms with Crippen molar-refractivity contribution >= 4 is 23.2 Å². The molecule has 2 aliphatic heterocycles. The van der Waals surface area contributed by atoms with E-state index in [1.165, 1.54) is 11.3 Å². The number of hydrogen-bond donors (Lipinski definition) is 1. The van der Waals surface area contributed by atoms with Crippen molar-refractivity contribution in [3.63, 3.8) is 0 Å². The minimum Gasteiger partial charge on any atom is -0.497 e. The highest BCUT2D eigenvalue weighted by Crippen LogP contribution is 2.37. The van der Waals surface area contributed by atoms with Gasteiger partial charge in [-0.25, -0.2) is 0 Å². The van der Waals surface area contributed by atoms with Crippen LogP contribution in [0.25, 0.3) is 0 Å². The SMILES string of the molecule is COc1ccc(C2C(C(=O)Nc3ccc4c(c3)N(C)CCC4)CCC(=O)N2C)cc1. The zero-order chi connectivity index (χ0) is 21.3. The first-order valence-electron chi connectivity index (χ1n) is 10.5. The monoisotopic (exact) mass is 407 g/mol. The Morgan fingerprint density at radius 1 is 1.10 bits per heavy atom. The maximum absolute atomic E-state index is 13.3. The molecule has 0 saturated carbocycles. The summed E-state index contributed by atoms with van der Waals surface area (Å²) < 4.78 is 5.25. The predicted octanol–water partition coefficient (Wildman–Crippen LogP) is 3.63. The maximum atomic E-state index is 13.3. The molecule has 6 heteroatoms. The predicted molar refractivity (Wildman–Crippen MR) is 118 cm³/mol. The number of methoxy groups -OCH3 is 1. The van der Waals surface area contributed by atoms with E-state index in [2.05, 4.69) is 29.4 Å². The van der Waals surface area contributed by atoms with Gasteiger partial charge < -0.3 is 19.9 Å². The average Bonchev–Trinajstić information content (AvgIpc) is 2.76. The van der Waals surface area contributed by atoms with Crippen molar-refractivity contribution in [1.29, 1.82) is 0 Å². The van der Waals surface area contributed by atoms with Gasteiger partial charge in [0.15, 0.2) is 0 Å². The Balaban J connectivity index is 1.58. The first kappa shape index (κ1) is 20.3. The lowest BCUT2D eigenvalue weighted by Gasteiger charge is -2.38. The van der Waals surface area contributed by atoms with Gasteiger partial charge >= 0.3 is 0 Å². The number of anilines is 2. The molecule has 0 radical (unpaired) electrons. The van der Waals surface area contributed by atoms with Crippen molar-refractivity contribution in [1.82, 2.24) is 4.90 Å². The highest BCUT2D eigenvalue weighted by molar-refractivity contribution is 5.95. The Morgan fingerprint density at radius 3 is 2.60 bits per heavy atom. The van der Waals surface area contributed by atoms with Crippen molar-refractivity contribution in [2.24, 2.45) is 5.92 Å². The lowest BCUT2D eigenvalue weighted by molar-refractivity contribution is -0.140. The Hall–Kier alpha value is -3.02. The number of rotatable bonds is 4. The van der Waals surface area contributed by atoms with Crippen LogP contribution in [-0.2, 0) is 16.0 Å². The van der Waals surface area contributed by atoms with Gasteiger partial charge in [-0.3, -0.25) is 9.59 Å². The molecular weight excluding hydrogens is 378 g/mol. The van der Waals surface area contributed by atoms with Crippen molar-refractivity contribution in [3.05, 3.63) is 53.6 Å². The van der Waals surface area contributed by atoms with E-state index in [4.69, 9.17) is 4.74 Å². The molecule has 1 saturated heterocycles. The number of nitrogens with zero attached hydrogens (tertiary/aromatic N) is 2. The highest BCUT2D eigenvalue weighted by atomic mass is 16.5. The molecule has 4 rings (SSSR count). The zero-order valence-corrected chi connectivity index (χ0v) is 17.9. The van der Waals surface area contributed by atoms with Crippen LogP contribution in [0.3, 0.4) is 0 Å². The van der Waals surface area contributed by atoms with Crippen LogP contribution in [0, 0.1) is 5.92 Å². The Bertz CT molecular complexity index is 941. The van der Waals surface area contributed by atoms with E-state index in [0.29, 0.717) is 12.8 Å². The summed E-state index contributed by atoms with van der Waals surface area (Å²) in [5, 5.41) is 3.11. The summed E-state index contributed by atoms with van der Waals surface area (Å²) in [6.45, 7) is 1.03. The number of ether oxygens (including phenoxy) is 1. The molecule has 0 spiro atoms. The zero-order valence-electron chi connectivity index (χ0n) is 17.9. The molecular formula is C24H29N3O3. The number of amides is 2. The Labute approximate surface area is 177 Å². The summed E-state index contributed by atoms with van der Waals surface area (Å²) in [6, 6.07) is 13.5. The number of likely N-dealkylation sites (tertiary alicyclic amines) is 1. The molecule has 2 unspecified atom stereocenters. The van der Waals surface area contributed by atoms with Crippen LogP contribution in [0.1, 0.15) is 36.4 Å². The van der Waals surface area contributed by atoms with Crippen LogP contribution in [-0.4, -0.2) is 44.5 Å². The summed E-state index contributed by atoms with van der Waals surface area (Å²) in [5.74, 6) is 0.460. The topological polar surface area (TPSA) is 61.9 Å². The average molecular weight is 408 g/mol. The summed E-state index contributed by atoms with van der Waals surface area (Å²) in [6.07, 6.45) is 3.15. The number of aryl methyl sites for hydroxylation is 1. The third-order valence-electron chi connectivity index (χ3n) is 6.36. The van der Waals surface area contributed by atoms with Crippen LogP contribution >= 0.6 is 0 Å². The van der Waals surface area contributed by atoms with E-state index in [9.17, 15) is 9.59 Å². The van der Waals surface area contributed by atoms with Crippen molar-refractivity contribution < 1.29 is 14.3 Å². The molecule has 2 aromatic carbocycles.